The maximum absolute atomic E-state index is 12.5. The average molecular weight is 283 g/mol. The molecule has 1 fully saturated rings. The van der Waals surface area contributed by atoms with E-state index in [1.54, 1.807) is 12.1 Å². The lowest BCUT2D eigenvalue weighted by Gasteiger charge is -2.29. The summed E-state index contributed by atoms with van der Waals surface area (Å²) in [7, 11) is 2.07. The number of hydrogen-bond donors (Lipinski definition) is 1. The molecule has 0 aliphatic carbocycles. The summed E-state index contributed by atoms with van der Waals surface area (Å²) in [4.78, 5) is 4.69. The van der Waals surface area contributed by atoms with Crippen molar-refractivity contribution >= 4 is 0 Å². The van der Waals surface area contributed by atoms with Gasteiger partial charge in [-0.05, 0) is 12.6 Å². The van der Waals surface area contributed by atoms with Crippen LogP contribution in [0.3, 0.4) is 0 Å². The van der Waals surface area contributed by atoms with Crippen LogP contribution in [0.4, 0.5) is 8.78 Å². The minimum absolute atomic E-state index is 0.0946. The fraction of sp³-hybridized carbons (Fsp3) is 0.600. The second-order valence-corrected chi connectivity index (χ2v) is 5.37. The quantitative estimate of drug-likeness (QED) is 0.861. The first-order valence-electron chi connectivity index (χ1n) is 7.14. The minimum Gasteiger partial charge on any atom is -0.314 e. The molecular weight excluding hydrogens is 260 g/mol. The van der Waals surface area contributed by atoms with Crippen molar-refractivity contribution in [3.05, 3.63) is 35.4 Å². The summed E-state index contributed by atoms with van der Waals surface area (Å²) in [5, 5.41) is 3.34. The van der Waals surface area contributed by atoms with Gasteiger partial charge in [-0.15, -0.1) is 0 Å². The Morgan fingerprint density at radius 2 is 1.85 bits per heavy atom. The molecule has 1 aliphatic heterocycles. The highest BCUT2D eigenvalue weighted by atomic mass is 19.3. The van der Waals surface area contributed by atoms with Gasteiger partial charge in [0.1, 0.15) is 0 Å². The zero-order valence-electron chi connectivity index (χ0n) is 12.0. The predicted octanol–water partition coefficient (Wildman–Crippen LogP) is 1.96. The van der Waals surface area contributed by atoms with Crippen molar-refractivity contribution in [1.29, 1.82) is 0 Å². The van der Waals surface area contributed by atoms with Crippen molar-refractivity contribution in [1.82, 2.24) is 15.1 Å². The molecule has 0 atom stereocenters. The highest BCUT2D eigenvalue weighted by Gasteiger charge is 2.10. The lowest BCUT2D eigenvalue weighted by atomic mass is 10.1. The number of likely N-dealkylation sites (N-methyl/N-ethyl adjacent to an activating group) is 1. The van der Waals surface area contributed by atoms with E-state index < -0.39 is 6.43 Å². The van der Waals surface area contributed by atoms with Crippen molar-refractivity contribution in [2.45, 2.75) is 13.0 Å². The number of nitrogens with zero attached hydrogens (tertiary/aromatic N) is 2. The molecule has 112 valence electrons. The molecule has 3 nitrogen and oxygen atoms in total. The van der Waals surface area contributed by atoms with Gasteiger partial charge in [0.05, 0.1) is 0 Å². The van der Waals surface area contributed by atoms with Crippen molar-refractivity contribution in [2.24, 2.45) is 0 Å². The zero-order chi connectivity index (χ0) is 14.4. The number of nitrogens with one attached hydrogen (secondary N) is 1. The maximum atomic E-state index is 12.5. The molecule has 1 aliphatic rings. The molecule has 0 unspecified atom stereocenters. The van der Waals surface area contributed by atoms with Crippen molar-refractivity contribution in [3.8, 4) is 0 Å². The average Bonchev–Trinajstić information content (AvgIpc) is 2.47. The molecule has 1 heterocycles. The Morgan fingerprint density at radius 3 is 2.45 bits per heavy atom. The Hall–Kier alpha value is -1.04. The number of alkyl halides is 2. The number of halogens is 2. The molecule has 0 aromatic heterocycles. The molecule has 2 rings (SSSR count). The van der Waals surface area contributed by atoms with E-state index in [0.717, 1.165) is 51.4 Å². The summed E-state index contributed by atoms with van der Waals surface area (Å²) in [5.41, 5.74) is 1.18. The summed E-state index contributed by atoms with van der Waals surface area (Å²) in [6.45, 7) is 7.21. The van der Waals surface area contributed by atoms with Gasteiger partial charge in [0, 0.05) is 51.4 Å². The number of piperazine rings is 1. The van der Waals surface area contributed by atoms with E-state index in [9.17, 15) is 8.78 Å². The van der Waals surface area contributed by atoms with Crippen LogP contribution in [0.5, 0.6) is 0 Å². The fourth-order valence-electron chi connectivity index (χ4n) is 2.41. The van der Waals surface area contributed by atoms with E-state index >= 15 is 0 Å². The first-order chi connectivity index (χ1) is 9.65. The van der Waals surface area contributed by atoms with Crippen LogP contribution in [0.15, 0.2) is 24.3 Å². The topological polar surface area (TPSA) is 18.5 Å². The normalized spacial score (nSPS) is 17.1. The molecule has 5 heteroatoms. The van der Waals surface area contributed by atoms with Gasteiger partial charge in [-0.2, -0.15) is 0 Å². The first-order valence-corrected chi connectivity index (χ1v) is 7.14. The molecule has 0 amide bonds. The Kier molecular flexibility index (Phi) is 5.88. The van der Waals surface area contributed by atoms with Crippen LogP contribution < -0.4 is 5.32 Å². The monoisotopic (exact) mass is 283 g/mol. The standard InChI is InChI=1S/C15H23F2N3/c1-19(10-11-20-8-6-18-7-9-20)12-13-2-4-14(5-3-13)15(16)17/h2-5,15,18H,6-12H2,1H3. The van der Waals surface area contributed by atoms with Gasteiger partial charge in [0.25, 0.3) is 6.43 Å². The van der Waals surface area contributed by atoms with Gasteiger partial charge >= 0.3 is 0 Å². The van der Waals surface area contributed by atoms with Gasteiger partial charge in [-0.3, -0.25) is 4.90 Å². The number of benzene rings is 1. The molecule has 1 aromatic carbocycles. The molecular formula is C15H23F2N3. The second-order valence-electron chi connectivity index (χ2n) is 5.37. The third kappa shape index (κ3) is 4.81. The highest BCUT2D eigenvalue weighted by molar-refractivity contribution is 5.23. The van der Waals surface area contributed by atoms with Crippen LogP contribution in [-0.2, 0) is 6.54 Å². The lowest BCUT2D eigenvalue weighted by molar-refractivity contribution is 0.151. The zero-order valence-corrected chi connectivity index (χ0v) is 12.0. The molecule has 1 N–H and O–H groups in total. The second kappa shape index (κ2) is 7.67. The molecule has 1 aromatic rings. The van der Waals surface area contributed by atoms with Crippen molar-refractivity contribution in [3.63, 3.8) is 0 Å². The molecule has 1 saturated heterocycles. The van der Waals surface area contributed by atoms with Gasteiger partial charge in [0.15, 0.2) is 0 Å². The molecule has 0 radical (unpaired) electrons. The molecule has 0 bridgehead atoms. The summed E-state index contributed by atoms with van der Waals surface area (Å²) in [6.07, 6.45) is -2.38. The minimum atomic E-state index is -2.38. The summed E-state index contributed by atoms with van der Waals surface area (Å²) in [5.74, 6) is 0. The van der Waals surface area contributed by atoms with Gasteiger partial charge in [-0.1, -0.05) is 24.3 Å². The Bertz CT molecular complexity index is 389. The number of rotatable bonds is 6. The van der Waals surface area contributed by atoms with E-state index in [2.05, 4.69) is 22.2 Å². The van der Waals surface area contributed by atoms with Crippen molar-refractivity contribution < 1.29 is 8.78 Å². The van der Waals surface area contributed by atoms with Crippen LogP contribution >= 0.6 is 0 Å². The molecule has 20 heavy (non-hydrogen) atoms. The third-order valence-corrected chi connectivity index (χ3v) is 3.69. The first kappa shape index (κ1) is 15.4. The fourth-order valence-corrected chi connectivity index (χ4v) is 2.41. The van der Waals surface area contributed by atoms with E-state index in [-0.39, 0.29) is 5.56 Å². The summed E-state index contributed by atoms with van der Waals surface area (Å²) < 4.78 is 24.9. The van der Waals surface area contributed by atoms with Crippen LogP contribution in [0.2, 0.25) is 0 Å². The lowest BCUT2D eigenvalue weighted by Crippen LogP contribution is -2.45. The SMILES string of the molecule is CN(CCN1CCNCC1)Cc1ccc(C(F)F)cc1. The maximum Gasteiger partial charge on any atom is 0.263 e. The van der Waals surface area contributed by atoms with E-state index in [0.29, 0.717) is 0 Å². The Morgan fingerprint density at radius 1 is 1.20 bits per heavy atom. The van der Waals surface area contributed by atoms with Crippen LogP contribution in [0.1, 0.15) is 17.6 Å². The van der Waals surface area contributed by atoms with E-state index in [1.807, 2.05) is 0 Å². The molecule has 0 saturated carbocycles. The van der Waals surface area contributed by atoms with Gasteiger partial charge in [0.2, 0.25) is 0 Å². The van der Waals surface area contributed by atoms with E-state index in [1.165, 1.54) is 12.1 Å². The highest BCUT2D eigenvalue weighted by Crippen LogP contribution is 2.19. The van der Waals surface area contributed by atoms with Crippen LogP contribution in [-0.4, -0.2) is 56.1 Å². The smallest absolute Gasteiger partial charge is 0.263 e. The number of hydrogen-bond acceptors (Lipinski definition) is 3. The van der Waals surface area contributed by atoms with Crippen LogP contribution in [0, 0.1) is 0 Å². The van der Waals surface area contributed by atoms with Crippen molar-refractivity contribution in [2.75, 3.05) is 46.3 Å². The van der Waals surface area contributed by atoms with Gasteiger partial charge < -0.3 is 10.2 Å². The Balaban J connectivity index is 1.74. The summed E-state index contributed by atoms with van der Waals surface area (Å²) in [6, 6.07) is 6.62. The Labute approximate surface area is 119 Å². The van der Waals surface area contributed by atoms with E-state index in [4.69, 9.17) is 0 Å². The summed E-state index contributed by atoms with van der Waals surface area (Å²) >= 11 is 0. The van der Waals surface area contributed by atoms with Gasteiger partial charge in [-0.25, -0.2) is 8.78 Å². The molecule has 0 spiro atoms. The predicted molar refractivity (Wildman–Crippen MR) is 77.0 cm³/mol. The van der Waals surface area contributed by atoms with Crippen LogP contribution in [0.25, 0.3) is 0 Å². The largest absolute Gasteiger partial charge is 0.314 e. The third-order valence-electron chi connectivity index (χ3n) is 3.69.